The van der Waals surface area contributed by atoms with Crippen LogP contribution in [0.15, 0.2) is 24.3 Å². The van der Waals surface area contributed by atoms with Crippen LogP contribution < -0.4 is 11.1 Å². The van der Waals surface area contributed by atoms with Gasteiger partial charge in [-0.1, -0.05) is 6.07 Å². The molecule has 246 valence electrons. The van der Waals surface area contributed by atoms with Gasteiger partial charge in [0.15, 0.2) is 0 Å². The van der Waals surface area contributed by atoms with E-state index in [0.29, 0.717) is 27.0 Å². The Morgan fingerprint density at radius 2 is 1.78 bits per heavy atom. The van der Waals surface area contributed by atoms with Gasteiger partial charge in [-0.05, 0) is 75.0 Å². The molecule has 1 unspecified atom stereocenters. The lowest BCUT2D eigenvalue weighted by atomic mass is 10.0. The number of nitrogen functional groups attached to an aromatic ring is 1. The summed E-state index contributed by atoms with van der Waals surface area (Å²) >= 11 is 1.00. The Hall–Kier alpha value is -3.25. The van der Waals surface area contributed by atoms with Gasteiger partial charge in [-0.25, -0.2) is 4.98 Å². The molecule has 1 aromatic carbocycles. The SMILES string of the molecule is Cc1c(CN2CCC(Nc3nc(N)nc4sc(CC(F)(F)F)cc34)CC2)ccc2c1cc(C#N)n2CCN1CCC(S(C)=O)CC1. The molecule has 2 fully saturated rings. The molecule has 5 heterocycles. The zero-order valence-corrected chi connectivity index (χ0v) is 27.7. The summed E-state index contributed by atoms with van der Waals surface area (Å²) in [5.41, 5.74) is 10.1. The summed E-state index contributed by atoms with van der Waals surface area (Å²) in [6.45, 7) is 8.12. The lowest BCUT2D eigenvalue weighted by molar-refractivity contribution is -0.126. The van der Waals surface area contributed by atoms with Crippen LogP contribution in [0.5, 0.6) is 0 Å². The molecule has 4 aromatic rings. The van der Waals surface area contributed by atoms with Gasteiger partial charge in [0, 0.05) is 76.9 Å². The van der Waals surface area contributed by atoms with Crippen LogP contribution in [0.2, 0.25) is 0 Å². The highest BCUT2D eigenvalue weighted by atomic mass is 32.2. The van der Waals surface area contributed by atoms with Crippen LogP contribution in [0.25, 0.3) is 21.1 Å². The minimum absolute atomic E-state index is 0.0440. The summed E-state index contributed by atoms with van der Waals surface area (Å²) in [6.07, 6.45) is 0.127. The largest absolute Gasteiger partial charge is 0.393 e. The van der Waals surface area contributed by atoms with E-state index < -0.39 is 23.4 Å². The fourth-order valence-electron chi connectivity index (χ4n) is 6.78. The fourth-order valence-corrected chi connectivity index (χ4v) is 8.72. The number of thiophene rings is 1. The second-order valence-electron chi connectivity index (χ2n) is 12.5. The highest BCUT2D eigenvalue weighted by molar-refractivity contribution is 7.84. The quantitative estimate of drug-likeness (QED) is 0.242. The summed E-state index contributed by atoms with van der Waals surface area (Å²) < 4.78 is 52.9. The van der Waals surface area contributed by atoms with Crippen LogP contribution >= 0.6 is 11.3 Å². The number of nitriles is 1. The van der Waals surface area contributed by atoms with Crippen LogP contribution in [0, 0.1) is 18.3 Å². The number of hydrogen-bond acceptors (Lipinski definition) is 9. The van der Waals surface area contributed by atoms with Gasteiger partial charge in [0.25, 0.3) is 0 Å². The molecule has 3 aromatic heterocycles. The second kappa shape index (κ2) is 13.5. The van der Waals surface area contributed by atoms with Gasteiger partial charge in [0.1, 0.15) is 22.4 Å². The zero-order chi connectivity index (χ0) is 32.6. The lowest BCUT2D eigenvalue weighted by Gasteiger charge is -2.33. The van der Waals surface area contributed by atoms with Crippen molar-refractivity contribution in [1.29, 1.82) is 5.26 Å². The van der Waals surface area contributed by atoms with Gasteiger partial charge < -0.3 is 20.5 Å². The van der Waals surface area contributed by atoms with E-state index in [4.69, 9.17) is 5.73 Å². The molecule has 0 spiro atoms. The number of rotatable bonds is 9. The highest BCUT2D eigenvalue weighted by Crippen LogP contribution is 2.34. The van der Waals surface area contributed by atoms with Crippen molar-refractivity contribution in [3.05, 3.63) is 46.0 Å². The number of aromatic nitrogens is 3. The number of nitrogens with zero attached hydrogens (tertiary/aromatic N) is 6. The summed E-state index contributed by atoms with van der Waals surface area (Å²) in [5, 5.41) is 15.3. The number of aryl methyl sites for hydroxylation is 1. The molecular weight excluding hydrogens is 634 g/mol. The molecule has 2 aliphatic heterocycles. The van der Waals surface area contributed by atoms with Crippen molar-refractivity contribution >= 4 is 55.0 Å². The number of nitrogens with two attached hydrogens (primary N) is 1. The number of anilines is 2. The van der Waals surface area contributed by atoms with Gasteiger partial charge in [-0.2, -0.15) is 23.4 Å². The number of alkyl halides is 3. The number of hydrogen-bond donors (Lipinski definition) is 2. The Morgan fingerprint density at radius 3 is 2.46 bits per heavy atom. The molecule has 2 aliphatic rings. The lowest BCUT2D eigenvalue weighted by Crippen LogP contribution is -2.39. The van der Waals surface area contributed by atoms with E-state index in [1.165, 1.54) is 17.2 Å². The van der Waals surface area contributed by atoms with Crippen molar-refractivity contribution in [2.24, 2.45) is 0 Å². The smallest absolute Gasteiger partial charge is 0.368 e. The molecule has 0 amide bonds. The van der Waals surface area contributed by atoms with E-state index in [0.717, 1.165) is 93.7 Å². The molecule has 1 atom stereocenters. The molecule has 2 saturated heterocycles. The van der Waals surface area contributed by atoms with Crippen molar-refractivity contribution in [1.82, 2.24) is 24.3 Å². The van der Waals surface area contributed by atoms with Crippen molar-refractivity contribution < 1.29 is 17.4 Å². The predicted molar refractivity (Wildman–Crippen MR) is 178 cm³/mol. The van der Waals surface area contributed by atoms with Gasteiger partial charge in [-0.15, -0.1) is 11.3 Å². The maximum atomic E-state index is 13.0. The van der Waals surface area contributed by atoms with Crippen molar-refractivity contribution in [3.63, 3.8) is 0 Å². The van der Waals surface area contributed by atoms with E-state index in [-0.39, 0.29) is 16.9 Å². The van der Waals surface area contributed by atoms with Crippen LogP contribution in [-0.4, -0.2) is 85.0 Å². The van der Waals surface area contributed by atoms with E-state index in [1.807, 2.05) is 6.07 Å². The molecule has 14 heteroatoms. The number of halogens is 3. The average molecular weight is 673 g/mol. The first-order valence-corrected chi connectivity index (χ1v) is 18.1. The maximum absolute atomic E-state index is 13.0. The zero-order valence-electron chi connectivity index (χ0n) is 26.1. The molecular formula is C32H39F3N8OS2. The summed E-state index contributed by atoms with van der Waals surface area (Å²) in [7, 11) is -0.769. The van der Waals surface area contributed by atoms with Crippen molar-refractivity contribution in [2.75, 3.05) is 50.0 Å². The third-order valence-corrected chi connectivity index (χ3v) is 11.8. The fraction of sp³-hybridized carbons (Fsp3) is 0.531. The van der Waals surface area contributed by atoms with E-state index in [1.54, 1.807) is 6.26 Å². The molecule has 3 N–H and O–H groups in total. The Morgan fingerprint density at radius 1 is 1.07 bits per heavy atom. The molecule has 0 saturated carbocycles. The van der Waals surface area contributed by atoms with Crippen LogP contribution in [0.4, 0.5) is 24.9 Å². The van der Waals surface area contributed by atoms with Crippen LogP contribution in [0.1, 0.15) is 47.4 Å². The molecule has 6 rings (SSSR count). The van der Waals surface area contributed by atoms with Crippen LogP contribution in [-0.2, 0) is 30.3 Å². The van der Waals surface area contributed by atoms with Gasteiger partial charge in [0.05, 0.1) is 11.8 Å². The Labute approximate surface area is 273 Å². The topological polar surface area (TPSA) is 116 Å². The maximum Gasteiger partial charge on any atom is 0.393 e. The van der Waals surface area contributed by atoms with Gasteiger partial charge in [-0.3, -0.25) is 9.11 Å². The monoisotopic (exact) mass is 672 g/mol. The average Bonchev–Trinajstić information content (AvgIpc) is 3.58. The standard InChI is InChI=1S/C32H39F3N8OS2/c1-20-21(3-4-28-26(20)15-23(18-36)43(28)14-13-41-11-7-25(8-12-41)46(2)44)19-42-9-5-22(6-10-42)38-29-27-16-24(17-32(33,34)35)45-30(27)40-31(37)39-29/h3-4,15-16,22,25H,5-14,17,19H2,1-2H3,(H3,37,38,39,40). The predicted octanol–water partition coefficient (Wildman–Crippen LogP) is 5.43. The number of piperidine rings is 2. The van der Waals surface area contributed by atoms with E-state index >= 15 is 0 Å². The number of fused-ring (bicyclic) bond motifs is 2. The first-order valence-electron chi connectivity index (χ1n) is 15.7. The summed E-state index contributed by atoms with van der Waals surface area (Å²) in [4.78, 5) is 14.0. The van der Waals surface area contributed by atoms with Crippen molar-refractivity contribution in [2.45, 2.75) is 69.6 Å². The summed E-state index contributed by atoms with van der Waals surface area (Å²) in [5.74, 6) is 0.536. The summed E-state index contributed by atoms with van der Waals surface area (Å²) in [6, 6.07) is 10.4. The Kier molecular flexibility index (Phi) is 9.57. The third-order valence-electron chi connectivity index (χ3n) is 9.38. The second-order valence-corrected chi connectivity index (χ2v) is 15.2. The highest BCUT2D eigenvalue weighted by Gasteiger charge is 2.30. The molecule has 46 heavy (non-hydrogen) atoms. The molecule has 0 radical (unpaired) electrons. The van der Waals surface area contributed by atoms with Crippen LogP contribution in [0.3, 0.4) is 0 Å². The van der Waals surface area contributed by atoms with Gasteiger partial charge >= 0.3 is 6.18 Å². The van der Waals surface area contributed by atoms with Crippen molar-refractivity contribution in [3.8, 4) is 6.07 Å². The Balaban J connectivity index is 1.08. The minimum Gasteiger partial charge on any atom is -0.368 e. The number of nitrogens with one attached hydrogen (secondary N) is 1. The first kappa shape index (κ1) is 32.7. The molecule has 0 bridgehead atoms. The third kappa shape index (κ3) is 7.33. The van der Waals surface area contributed by atoms with E-state index in [2.05, 4.69) is 54.8 Å². The molecule has 0 aliphatic carbocycles. The first-order chi connectivity index (χ1) is 22.0. The normalized spacial score (nSPS) is 18.3. The Bertz CT molecular complexity index is 1780. The minimum atomic E-state index is -4.29. The van der Waals surface area contributed by atoms with Gasteiger partial charge in [0.2, 0.25) is 5.95 Å². The van der Waals surface area contributed by atoms with E-state index in [9.17, 15) is 22.6 Å². The number of benzene rings is 1. The molecule has 9 nitrogen and oxygen atoms in total. The number of likely N-dealkylation sites (tertiary alicyclic amines) is 2.